The second-order valence-electron chi connectivity index (χ2n) is 10.1. The second-order valence-corrected chi connectivity index (χ2v) is 10.1. The number of aromatic nitrogens is 3. The van der Waals surface area contributed by atoms with Crippen LogP contribution < -0.4 is 5.56 Å². The molecule has 7 heteroatoms. The van der Waals surface area contributed by atoms with Crippen LogP contribution in [0.4, 0.5) is 13.2 Å². The van der Waals surface area contributed by atoms with Crippen molar-refractivity contribution in [3.8, 4) is 0 Å². The van der Waals surface area contributed by atoms with E-state index in [2.05, 4.69) is 9.97 Å². The molecule has 3 aromatic heterocycles. The number of aryl methyl sites for hydroxylation is 1. The van der Waals surface area contributed by atoms with Crippen molar-refractivity contribution < 1.29 is 13.2 Å². The number of hydrogen-bond donors (Lipinski definition) is 0. The molecule has 1 aliphatic carbocycles. The summed E-state index contributed by atoms with van der Waals surface area (Å²) in [5, 5.41) is 0.842. The molecule has 0 radical (unpaired) electrons. The van der Waals surface area contributed by atoms with E-state index in [0.717, 1.165) is 47.9 Å². The molecule has 1 aromatic carbocycles. The summed E-state index contributed by atoms with van der Waals surface area (Å²) in [5.41, 5.74) is 4.52. The standard InChI is InChI=1S/C30H30F3N3O/c1-18-8-9-23-15-25(21-12-10-20(11-13-21)24-6-3-7-26(31)19(24)2)30(37)36(29(23)35-18)17-27-22(16-28(32)33)5-4-14-34-27/h3-9,14-15,20-21,28H,10-13,16-17H2,1-2H3. The van der Waals surface area contributed by atoms with Crippen molar-refractivity contribution in [2.24, 2.45) is 0 Å². The predicted octanol–water partition coefficient (Wildman–Crippen LogP) is 6.84. The molecule has 0 amide bonds. The Morgan fingerprint density at radius 2 is 1.70 bits per heavy atom. The largest absolute Gasteiger partial charge is 0.286 e. The summed E-state index contributed by atoms with van der Waals surface area (Å²) in [7, 11) is 0. The van der Waals surface area contributed by atoms with Gasteiger partial charge in [0, 0.05) is 29.3 Å². The average Bonchev–Trinajstić information content (AvgIpc) is 2.88. The van der Waals surface area contributed by atoms with E-state index in [1.807, 2.05) is 38.1 Å². The van der Waals surface area contributed by atoms with Gasteiger partial charge in [0.25, 0.3) is 5.56 Å². The van der Waals surface area contributed by atoms with Gasteiger partial charge in [0.2, 0.25) is 6.43 Å². The molecule has 192 valence electrons. The molecule has 0 N–H and O–H groups in total. The van der Waals surface area contributed by atoms with Gasteiger partial charge in [-0.05, 0) is 98.4 Å². The Hall–Kier alpha value is -3.48. The zero-order chi connectivity index (χ0) is 26.1. The fourth-order valence-electron chi connectivity index (χ4n) is 5.70. The first-order valence-electron chi connectivity index (χ1n) is 12.8. The molecule has 4 nitrogen and oxygen atoms in total. The number of alkyl halides is 2. The van der Waals surface area contributed by atoms with Gasteiger partial charge in [-0.15, -0.1) is 0 Å². The Morgan fingerprint density at radius 3 is 2.43 bits per heavy atom. The highest BCUT2D eigenvalue weighted by atomic mass is 19.3. The molecule has 1 saturated carbocycles. The number of rotatable bonds is 6. The van der Waals surface area contributed by atoms with E-state index in [-0.39, 0.29) is 29.8 Å². The third kappa shape index (κ3) is 5.17. The molecular formula is C30H30F3N3O. The highest BCUT2D eigenvalue weighted by Gasteiger charge is 2.28. The lowest BCUT2D eigenvalue weighted by Crippen LogP contribution is -2.29. The highest BCUT2D eigenvalue weighted by Crippen LogP contribution is 2.41. The third-order valence-corrected chi connectivity index (χ3v) is 7.69. The highest BCUT2D eigenvalue weighted by molar-refractivity contribution is 5.76. The molecule has 5 rings (SSSR count). The topological polar surface area (TPSA) is 47.8 Å². The fraction of sp³-hybridized carbons (Fsp3) is 0.367. The minimum Gasteiger partial charge on any atom is -0.286 e. The maximum absolute atomic E-state index is 14.1. The number of halogens is 3. The van der Waals surface area contributed by atoms with Crippen LogP contribution in [-0.2, 0) is 13.0 Å². The molecule has 1 fully saturated rings. The lowest BCUT2D eigenvalue weighted by Gasteiger charge is -2.30. The lowest BCUT2D eigenvalue weighted by molar-refractivity contribution is 0.148. The maximum atomic E-state index is 14.1. The van der Waals surface area contributed by atoms with E-state index in [1.54, 1.807) is 29.0 Å². The summed E-state index contributed by atoms with van der Waals surface area (Å²) in [6.45, 7) is 3.77. The molecule has 0 unspecified atom stereocenters. The number of fused-ring (bicyclic) bond motifs is 1. The van der Waals surface area contributed by atoms with Gasteiger partial charge >= 0.3 is 0 Å². The Labute approximate surface area is 214 Å². The molecule has 0 atom stereocenters. The quantitative estimate of drug-likeness (QED) is 0.288. The van der Waals surface area contributed by atoms with Gasteiger partial charge in [-0.25, -0.2) is 18.2 Å². The summed E-state index contributed by atoms with van der Waals surface area (Å²) in [6.07, 6.45) is 2.04. The molecule has 3 heterocycles. The number of nitrogens with zero attached hydrogens (tertiary/aromatic N) is 3. The summed E-state index contributed by atoms with van der Waals surface area (Å²) >= 11 is 0. The number of hydrogen-bond acceptors (Lipinski definition) is 3. The Bertz CT molecular complexity index is 1490. The van der Waals surface area contributed by atoms with Crippen molar-refractivity contribution in [3.63, 3.8) is 0 Å². The second kappa shape index (κ2) is 10.5. The van der Waals surface area contributed by atoms with E-state index in [4.69, 9.17) is 0 Å². The number of pyridine rings is 3. The van der Waals surface area contributed by atoms with Gasteiger partial charge in [-0.3, -0.25) is 14.3 Å². The predicted molar refractivity (Wildman–Crippen MR) is 139 cm³/mol. The molecule has 0 spiro atoms. The molecule has 1 aliphatic rings. The summed E-state index contributed by atoms with van der Waals surface area (Å²) in [5.74, 6) is 0.156. The van der Waals surface area contributed by atoms with Gasteiger partial charge in [-0.2, -0.15) is 0 Å². The lowest BCUT2D eigenvalue weighted by atomic mass is 9.75. The van der Waals surface area contributed by atoms with Crippen molar-refractivity contribution in [2.75, 3.05) is 0 Å². The van der Waals surface area contributed by atoms with E-state index < -0.39 is 12.8 Å². The van der Waals surface area contributed by atoms with Crippen LogP contribution in [0.15, 0.2) is 59.5 Å². The van der Waals surface area contributed by atoms with Crippen LogP contribution in [0.25, 0.3) is 11.0 Å². The fourth-order valence-corrected chi connectivity index (χ4v) is 5.70. The van der Waals surface area contributed by atoms with Crippen molar-refractivity contribution in [2.45, 2.75) is 70.8 Å². The average molecular weight is 506 g/mol. The zero-order valence-corrected chi connectivity index (χ0v) is 21.1. The minimum absolute atomic E-state index is 0.0684. The smallest absolute Gasteiger partial charge is 0.256 e. The zero-order valence-electron chi connectivity index (χ0n) is 21.1. The SMILES string of the molecule is Cc1ccc2cc(C3CCC(c4cccc(F)c4C)CC3)c(=O)n(Cc3ncccc3CC(F)F)c2n1. The molecular weight excluding hydrogens is 475 g/mol. The van der Waals surface area contributed by atoms with Crippen molar-refractivity contribution in [1.82, 2.24) is 14.5 Å². The van der Waals surface area contributed by atoms with Crippen molar-refractivity contribution in [1.29, 1.82) is 0 Å². The monoisotopic (exact) mass is 505 g/mol. The van der Waals surface area contributed by atoms with E-state index >= 15 is 0 Å². The Balaban J connectivity index is 1.50. The van der Waals surface area contributed by atoms with Crippen molar-refractivity contribution in [3.05, 3.63) is 105 Å². The van der Waals surface area contributed by atoms with Crippen LogP contribution in [0.1, 0.15) is 71.2 Å². The maximum Gasteiger partial charge on any atom is 0.256 e. The van der Waals surface area contributed by atoms with Crippen molar-refractivity contribution >= 4 is 11.0 Å². The van der Waals surface area contributed by atoms with Gasteiger partial charge in [0.05, 0.1) is 12.2 Å². The van der Waals surface area contributed by atoms with Gasteiger partial charge in [-0.1, -0.05) is 18.2 Å². The van der Waals surface area contributed by atoms with Crippen LogP contribution in [0.3, 0.4) is 0 Å². The first-order chi connectivity index (χ1) is 17.8. The van der Waals surface area contributed by atoms with E-state index in [0.29, 0.717) is 22.5 Å². The van der Waals surface area contributed by atoms with Crippen LogP contribution in [-0.4, -0.2) is 21.0 Å². The van der Waals surface area contributed by atoms with Gasteiger partial charge in [0.15, 0.2) is 0 Å². The van der Waals surface area contributed by atoms with Crippen LogP contribution in [0, 0.1) is 19.7 Å². The van der Waals surface area contributed by atoms with E-state index in [1.165, 1.54) is 6.07 Å². The summed E-state index contributed by atoms with van der Waals surface area (Å²) in [6, 6.07) is 14.3. The van der Waals surface area contributed by atoms with Crippen LogP contribution >= 0.6 is 0 Å². The molecule has 37 heavy (non-hydrogen) atoms. The normalized spacial score (nSPS) is 18.0. The molecule has 0 bridgehead atoms. The van der Waals surface area contributed by atoms with Gasteiger partial charge in [0.1, 0.15) is 11.5 Å². The Morgan fingerprint density at radius 1 is 0.973 bits per heavy atom. The first-order valence-corrected chi connectivity index (χ1v) is 12.8. The summed E-state index contributed by atoms with van der Waals surface area (Å²) in [4.78, 5) is 22.9. The molecule has 0 saturated heterocycles. The van der Waals surface area contributed by atoms with E-state index in [9.17, 15) is 18.0 Å². The number of benzene rings is 1. The van der Waals surface area contributed by atoms with Crippen LogP contribution in [0.5, 0.6) is 0 Å². The van der Waals surface area contributed by atoms with Gasteiger partial charge < -0.3 is 0 Å². The van der Waals surface area contributed by atoms with Crippen LogP contribution in [0.2, 0.25) is 0 Å². The summed E-state index contributed by atoms with van der Waals surface area (Å²) < 4.78 is 42.1. The third-order valence-electron chi connectivity index (χ3n) is 7.69. The molecule has 0 aliphatic heterocycles. The minimum atomic E-state index is -2.50. The molecule has 4 aromatic rings. The first kappa shape index (κ1) is 25.2. The Kier molecular flexibility index (Phi) is 7.13.